The lowest BCUT2D eigenvalue weighted by atomic mass is 9.81. The molecule has 2 aromatic carbocycles. The lowest BCUT2D eigenvalue weighted by Crippen LogP contribution is -2.17. The van der Waals surface area contributed by atoms with Crippen molar-refractivity contribution in [3.05, 3.63) is 65.1 Å². The number of fused-ring (bicyclic) bond motifs is 1. The van der Waals surface area contributed by atoms with Crippen molar-refractivity contribution in [3.8, 4) is 16.9 Å². The van der Waals surface area contributed by atoms with Crippen molar-refractivity contribution in [1.82, 2.24) is 0 Å². The summed E-state index contributed by atoms with van der Waals surface area (Å²) >= 11 is 0. The minimum absolute atomic E-state index is 0.0230. The van der Waals surface area contributed by atoms with E-state index in [-0.39, 0.29) is 5.41 Å². The Labute approximate surface area is 152 Å². The van der Waals surface area contributed by atoms with Crippen molar-refractivity contribution in [3.63, 3.8) is 0 Å². The highest BCUT2D eigenvalue weighted by atomic mass is 16.5. The third-order valence-electron chi connectivity index (χ3n) is 4.54. The molecule has 0 bridgehead atoms. The first-order valence-corrected chi connectivity index (χ1v) is 9.20. The first-order valence-electron chi connectivity index (χ1n) is 9.20. The summed E-state index contributed by atoms with van der Waals surface area (Å²) in [5.74, 6) is 1.54. The summed E-state index contributed by atoms with van der Waals surface area (Å²) in [4.78, 5) is 0. The highest BCUT2D eigenvalue weighted by molar-refractivity contribution is 5.88. The Kier molecular flexibility index (Phi) is 4.77. The van der Waals surface area contributed by atoms with Gasteiger partial charge in [-0.15, -0.1) is 0 Å². The first kappa shape index (κ1) is 17.8. The highest BCUT2D eigenvalue weighted by Crippen LogP contribution is 2.46. The molecule has 1 heteroatoms. The fourth-order valence-corrected chi connectivity index (χ4v) is 3.34. The van der Waals surface area contributed by atoms with Crippen LogP contribution in [0.15, 0.2) is 42.0 Å². The molecule has 3 rings (SSSR count). The van der Waals surface area contributed by atoms with Crippen molar-refractivity contribution in [1.29, 1.82) is 0 Å². The number of hydrogen-bond donors (Lipinski definition) is 0. The summed E-state index contributed by atoms with van der Waals surface area (Å²) in [6.07, 6.45) is 4.57. The zero-order chi connectivity index (χ0) is 18.2. The van der Waals surface area contributed by atoms with Gasteiger partial charge in [-0.25, -0.2) is 0 Å². The third-order valence-corrected chi connectivity index (χ3v) is 4.54. The molecular formula is C24H29O. The zero-order valence-corrected chi connectivity index (χ0v) is 16.3. The van der Waals surface area contributed by atoms with Gasteiger partial charge in [0.1, 0.15) is 5.75 Å². The second kappa shape index (κ2) is 6.71. The van der Waals surface area contributed by atoms with Crippen LogP contribution in [-0.4, -0.2) is 6.61 Å². The summed E-state index contributed by atoms with van der Waals surface area (Å²) in [7, 11) is 0. The topological polar surface area (TPSA) is 9.23 Å². The zero-order valence-electron chi connectivity index (χ0n) is 16.3. The van der Waals surface area contributed by atoms with E-state index in [9.17, 15) is 0 Å². The van der Waals surface area contributed by atoms with Crippen LogP contribution in [-0.2, 0) is 5.41 Å². The summed E-state index contributed by atoms with van der Waals surface area (Å²) in [6.45, 7) is 14.1. The molecule has 0 spiro atoms. The van der Waals surface area contributed by atoms with Crippen molar-refractivity contribution < 1.29 is 4.74 Å². The van der Waals surface area contributed by atoms with Crippen LogP contribution in [0.5, 0.6) is 5.75 Å². The van der Waals surface area contributed by atoms with Crippen LogP contribution >= 0.6 is 0 Å². The van der Waals surface area contributed by atoms with Crippen molar-refractivity contribution in [2.24, 2.45) is 5.92 Å². The summed E-state index contributed by atoms with van der Waals surface area (Å²) in [5.41, 5.74) is 7.65. The molecule has 0 N–H and O–H groups in total. The Morgan fingerprint density at radius 2 is 1.72 bits per heavy atom. The molecule has 1 nitrogen and oxygen atoms in total. The molecule has 0 saturated carbocycles. The van der Waals surface area contributed by atoms with Gasteiger partial charge in [-0.1, -0.05) is 82.7 Å². The van der Waals surface area contributed by atoms with E-state index in [1.165, 1.54) is 33.4 Å². The molecule has 1 aliphatic carbocycles. The van der Waals surface area contributed by atoms with Crippen LogP contribution < -0.4 is 4.74 Å². The quantitative estimate of drug-likeness (QED) is 0.608. The van der Waals surface area contributed by atoms with Crippen LogP contribution in [0.2, 0.25) is 0 Å². The van der Waals surface area contributed by atoms with E-state index in [1.54, 1.807) is 0 Å². The largest absolute Gasteiger partial charge is 0.492 e. The van der Waals surface area contributed by atoms with Gasteiger partial charge in [-0.3, -0.25) is 0 Å². The predicted molar refractivity (Wildman–Crippen MR) is 108 cm³/mol. The molecule has 0 amide bonds. The number of hydrogen-bond acceptors (Lipinski definition) is 1. The predicted octanol–water partition coefficient (Wildman–Crippen LogP) is 6.66. The molecule has 0 aliphatic heterocycles. The molecule has 2 aromatic rings. The summed E-state index contributed by atoms with van der Waals surface area (Å²) < 4.78 is 6.43. The molecule has 0 atom stereocenters. The van der Waals surface area contributed by atoms with E-state index in [2.05, 4.69) is 90.4 Å². The van der Waals surface area contributed by atoms with Crippen LogP contribution in [0.25, 0.3) is 17.2 Å². The number of benzene rings is 2. The molecule has 0 fully saturated rings. The summed E-state index contributed by atoms with van der Waals surface area (Å²) in [6, 6.07) is 13.0. The van der Waals surface area contributed by atoms with Gasteiger partial charge >= 0.3 is 0 Å². The van der Waals surface area contributed by atoms with E-state index < -0.39 is 0 Å². The van der Waals surface area contributed by atoms with Crippen molar-refractivity contribution >= 4 is 6.08 Å². The van der Waals surface area contributed by atoms with Gasteiger partial charge in [0, 0.05) is 17.5 Å². The highest BCUT2D eigenvalue weighted by Gasteiger charge is 2.28. The Morgan fingerprint density at radius 3 is 2.32 bits per heavy atom. The minimum atomic E-state index is 0.0230. The Balaban J connectivity index is 2.29. The SMILES string of the molecule is CC1=Cc2c(cc(C(C)(C)C)c(OCC(C)C)c2-c2ccccc2)[CH]1. The molecule has 131 valence electrons. The number of rotatable bonds is 4. The van der Waals surface area contributed by atoms with E-state index in [0.717, 1.165) is 12.4 Å². The van der Waals surface area contributed by atoms with Gasteiger partial charge in [0.2, 0.25) is 0 Å². The molecule has 1 aliphatic rings. The maximum Gasteiger partial charge on any atom is 0.131 e. The van der Waals surface area contributed by atoms with Crippen LogP contribution in [0, 0.1) is 12.3 Å². The lowest BCUT2D eigenvalue weighted by molar-refractivity contribution is 0.266. The van der Waals surface area contributed by atoms with Gasteiger partial charge in [-0.05, 0) is 34.9 Å². The van der Waals surface area contributed by atoms with Gasteiger partial charge in [0.05, 0.1) is 6.61 Å². The normalized spacial score (nSPS) is 13.8. The van der Waals surface area contributed by atoms with Crippen molar-refractivity contribution in [2.75, 3.05) is 6.61 Å². The van der Waals surface area contributed by atoms with E-state index in [0.29, 0.717) is 5.92 Å². The molecule has 25 heavy (non-hydrogen) atoms. The van der Waals surface area contributed by atoms with Crippen molar-refractivity contribution in [2.45, 2.75) is 47.0 Å². The summed E-state index contributed by atoms with van der Waals surface area (Å²) in [5, 5.41) is 0. The van der Waals surface area contributed by atoms with E-state index >= 15 is 0 Å². The lowest BCUT2D eigenvalue weighted by Gasteiger charge is -2.27. The van der Waals surface area contributed by atoms with Gasteiger partial charge < -0.3 is 4.74 Å². The molecular weight excluding hydrogens is 304 g/mol. The average molecular weight is 333 g/mol. The fourth-order valence-electron chi connectivity index (χ4n) is 3.34. The van der Waals surface area contributed by atoms with Gasteiger partial charge in [0.15, 0.2) is 0 Å². The molecule has 0 unspecified atom stereocenters. The first-order chi connectivity index (χ1) is 11.8. The van der Waals surface area contributed by atoms with E-state index in [4.69, 9.17) is 4.74 Å². The smallest absolute Gasteiger partial charge is 0.131 e. The molecule has 0 saturated heterocycles. The maximum atomic E-state index is 6.43. The van der Waals surface area contributed by atoms with E-state index in [1.807, 2.05) is 0 Å². The monoisotopic (exact) mass is 333 g/mol. The minimum Gasteiger partial charge on any atom is -0.492 e. The van der Waals surface area contributed by atoms with Crippen LogP contribution in [0.4, 0.5) is 0 Å². The average Bonchev–Trinajstić information content (AvgIpc) is 2.91. The standard InChI is InChI=1S/C24H29O/c1-16(2)15-25-23-21(24(4,5)6)14-19-12-17(3)13-20(19)22(23)18-10-8-7-9-11-18/h7-14,16H,15H2,1-6H3. The van der Waals surface area contributed by atoms with Gasteiger partial charge in [-0.2, -0.15) is 0 Å². The Hall–Kier alpha value is -2.02. The molecule has 1 radical (unpaired) electrons. The number of ether oxygens (including phenoxy) is 1. The van der Waals surface area contributed by atoms with Gasteiger partial charge in [0.25, 0.3) is 0 Å². The second-order valence-corrected chi connectivity index (χ2v) is 8.48. The Bertz CT molecular complexity index is 789. The van der Waals surface area contributed by atoms with Crippen LogP contribution in [0.1, 0.15) is 58.2 Å². The molecule has 0 heterocycles. The number of allylic oxidation sites excluding steroid dienone is 1. The van der Waals surface area contributed by atoms with Crippen LogP contribution in [0.3, 0.4) is 0 Å². The fraction of sp³-hybridized carbons (Fsp3) is 0.375. The molecule has 0 aromatic heterocycles. The third kappa shape index (κ3) is 3.66. The Morgan fingerprint density at radius 1 is 1.04 bits per heavy atom. The second-order valence-electron chi connectivity index (χ2n) is 8.48. The maximum absolute atomic E-state index is 6.43.